The highest BCUT2D eigenvalue weighted by Crippen LogP contribution is 2.27. The molecule has 1 aliphatic rings. The summed E-state index contributed by atoms with van der Waals surface area (Å²) in [6, 6.07) is 6.24. The van der Waals surface area contributed by atoms with E-state index >= 15 is 0 Å². The summed E-state index contributed by atoms with van der Waals surface area (Å²) in [6.45, 7) is 0.359. The second-order valence-electron chi connectivity index (χ2n) is 4.99. The molecule has 3 nitrogen and oxygen atoms in total. The van der Waals surface area contributed by atoms with E-state index in [4.69, 9.17) is 5.11 Å². The third kappa shape index (κ3) is 4.68. The van der Waals surface area contributed by atoms with Crippen LogP contribution < -0.4 is 10.2 Å². The fraction of sp³-hybridized carbons (Fsp3) is 0.571. The van der Waals surface area contributed by atoms with Crippen LogP contribution in [0.15, 0.2) is 22.7 Å². The average molecular weight is 349 g/mol. The number of hydrogen-bond acceptors (Lipinski definition) is 3. The first-order valence-corrected chi connectivity index (χ1v) is 7.55. The number of halogens is 3. The molecule has 0 amide bonds. The minimum atomic E-state index is -2.43. The van der Waals surface area contributed by atoms with Gasteiger partial charge in [-0.25, -0.2) is 8.78 Å². The van der Waals surface area contributed by atoms with Gasteiger partial charge in [0.05, 0.1) is 13.2 Å². The van der Waals surface area contributed by atoms with Crippen molar-refractivity contribution < 1.29 is 13.9 Å². The van der Waals surface area contributed by atoms with E-state index in [1.165, 1.54) is 12.8 Å². The van der Waals surface area contributed by atoms with Crippen LogP contribution in [0.4, 0.5) is 14.5 Å². The summed E-state index contributed by atoms with van der Waals surface area (Å²) >= 11 is 3.38. The molecule has 1 aromatic rings. The van der Waals surface area contributed by atoms with Gasteiger partial charge in [-0.05, 0) is 30.5 Å². The zero-order chi connectivity index (χ0) is 14.5. The molecule has 0 atom stereocenters. The number of nitrogens with zero attached hydrogens (tertiary/aromatic N) is 1. The van der Waals surface area contributed by atoms with E-state index < -0.39 is 6.43 Å². The van der Waals surface area contributed by atoms with Crippen molar-refractivity contribution in [3.05, 3.63) is 28.2 Å². The number of hydrogen-bond donors (Lipinski definition) is 2. The Morgan fingerprint density at radius 3 is 2.75 bits per heavy atom. The lowest BCUT2D eigenvalue weighted by Crippen LogP contribution is -2.33. The quantitative estimate of drug-likeness (QED) is 0.758. The first-order chi connectivity index (χ1) is 9.60. The van der Waals surface area contributed by atoms with E-state index in [1.54, 1.807) is 4.90 Å². The van der Waals surface area contributed by atoms with Crippen molar-refractivity contribution >= 4 is 21.6 Å². The van der Waals surface area contributed by atoms with Gasteiger partial charge in [0.25, 0.3) is 6.43 Å². The van der Waals surface area contributed by atoms with Gasteiger partial charge in [0.2, 0.25) is 0 Å². The fourth-order valence-electron chi connectivity index (χ4n) is 2.12. The zero-order valence-electron chi connectivity index (χ0n) is 11.2. The molecule has 1 aromatic carbocycles. The standard InChI is InChI=1S/C14H19BrF2N2O/c15-11-2-1-10(8-18-12-3-4-12)13(7-11)19(5-6-20)9-14(16)17/h1-2,7,12,14,18,20H,3-6,8-9H2. The van der Waals surface area contributed by atoms with Crippen molar-refractivity contribution in [1.29, 1.82) is 0 Å². The van der Waals surface area contributed by atoms with Gasteiger partial charge in [-0.1, -0.05) is 22.0 Å². The fourth-order valence-corrected chi connectivity index (χ4v) is 2.47. The van der Waals surface area contributed by atoms with Gasteiger partial charge in [-0.3, -0.25) is 0 Å². The van der Waals surface area contributed by atoms with Gasteiger partial charge < -0.3 is 15.3 Å². The largest absolute Gasteiger partial charge is 0.395 e. The van der Waals surface area contributed by atoms with E-state index in [0.29, 0.717) is 12.6 Å². The number of rotatable bonds is 8. The number of nitrogens with one attached hydrogen (secondary N) is 1. The Morgan fingerprint density at radius 2 is 2.15 bits per heavy atom. The van der Waals surface area contributed by atoms with E-state index in [9.17, 15) is 8.78 Å². The van der Waals surface area contributed by atoms with Crippen molar-refractivity contribution in [3.63, 3.8) is 0 Å². The second-order valence-corrected chi connectivity index (χ2v) is 5.90. The molecular formula is C14H19BrF2N2O. The first-order valence-electron chi connectivity index (χ1n) is 6.76. The maximum absolute atomic E-state index is 12.7. The molecule has 0 bridgehead atoms. The van der Waals surface area contributed by atoms with Gasteiger partial charge >= 0.3 is 0 Å². The Labute approximate surface area is 126 Å². The van der Waals surface area contributed by atoms with Crippen LogP contribution in [0.2, 0.25) is 0 Å². The summed E-state index contributed by atoms with van der Waals surface area (Å²) in [5.74, 6) is 0. The third-order valence-electron chi connectivity index (χ3n) is 3.27. The predicted octanol–water partition coefficient (Wildman–Crippen LogP) is 2.76. The highest BCUT2D eigenvalue weighted by Gasteiger charge is 2.21. The van der Waals surface area contributed by atoms with Crippen molar-refractivity contribution in [3.8, 4) is 0 Å². The Kier molecular flexibility index (Phi) is 5.74. The number of alkyl halides is 2. The lowest BCUT2D eigenvalue weighted by Gasteiger charge is -2.26. The number of aliphatic hydroxyl groups is 1. The molecule has 112 valence electrons. The van der Waals surface area contributed by atoms with Crippen LogP contribution in [0.1, 0.15) is 18.4 Å². The summed E-state index contributed by atoms with van der Waals surface area (Å²) in [4.78, 5) is 1.54. The molecule has 1 fully saturated rings. The summed E-state index contributed by atoms with van der Waals surface area (Å²) in [6.07, 6.45) is -0.0586. The minimum absolute atomic E-state index is 0.144. The molecule has 20 heavy (non-hydrogen) atoms. The molecule has 0 heterocycles. The Morgan fingerprint density at radius 1 is 1.40 bits per heavy atom. The lowest BCUT2D eigenvalue weighted by atomic mass is 10.1. The third-order valence-corrected chi connectivity index (χ3v) is 3.77. The summed E-state index contributed by atoms with van der Waals surface area (Å²) in [7, 11) is 0. The Bertz CT molecular complexity index is 441. The summed E-state index contributed by atoms with van der Waals surface area (Å²) in [5, 5.41) is 12.5. The lowest BCUT2D eigenvalue weighted by molar-refractivity contribution is 0.152. The molecule has 2 N–H and O–H groups in total. The van der Waals surface area contributed by atoms with E-state index in [2.05, 4.69) is 21.2 Å². The molecule has 0 aromatic heterocycles. The first kappa shape index (κ1) is 15.7. The summed E-state index contributed by atoms with van der Waals surface area (Å²) in [5.41, 5.74) is 1.73. The van der Waals surface area contributed by atoms with Crippen LogP contribution in [0.3, 0.4) is 0 Å². The van der Waals surface area contributed by atoms with Crippen molar-refractivity contribution in [2.45, 2.75) is 31.9 Å². The molecular weight excluding hydrogens is 330 g/mol. The van der Waals surface area contributed by atoms with Crippen LogP contribution in [0.25, 0.3) is 0 Å². The minimum Gasteiger partial charge on any atom is -0.395 e. The molecule has 2 rings (SSSR count). The number of aliphatic hydroxyl groups excluding tert-OH is 1. The van der Waals surface area contributed by atoms with Crippen molar-refractivity contribution in [1.82, 2.24) is 5.32 Å². The van der Waals surface area contributed by atoms with Crippen LogP contribution in [-0.2, 0) is 6.54 Å². The molecule has 0 saturated heterocycles. The topological polar surface area (TPSA) is 35.5 Å². The van der Waals surface area contributed by atoms with E-state index in [1.807, 2.05) is 18.2 Å². The zero-order valence-corrected chi connectivity index (χ0v) is 12.7. The van der Waals surface area contributed by atoms with Crippen LogP contribution >= 0.6 is 15.9 Å². The van der Waals surface area contributed by atoms with Crippen molar-refractivity contribution in [2.24, 2.45) is 0 Å². The summed E-state index contributed by atoms with van der Waals surface area (Å²) < 4.78 is 26.2. The number of anilines is 1. The average Bonchev–Trinajstić information content (AvgIpc) is 3.20. The predicted molar refractivity (Wildman–Crippen MR) is 79.3 cm³/mol. The Hall–Kier alpha value is -0.720. The molecule has 1 aliphatic carbocycles. The SMILES string of the molecule is OCCN(CC(F)F)c1cc(Br)ccc1CNC1CC1. The van der Waals surface area contributed by atoms with Gasteiger partial charge in [0.15, 0.2) is 0 Å². The molecule has 0 radical (unpaired) electrons. The molecule has 0 spiro atoms. The van der Waals surface area contributed by atoms with Crippen LogP contribution in [-0.4, -0.2) is 37.3 Å². The molecule has 0 unspecified atom stereocenters. The monoisotopic (exact) mass is 348 g/mol. The van der Waals surface area contributed by atoms with Gasteiger partial charge in [0, 0.05) is 29.3 Å². The number of benzene rings is 1. The maximum Gasteiger partial charge on any atom is 0.255 e. The molecule has 1 saturated carbocycles. The second kappa shape index (κ2) is 7.33. The molecule has 6 heteroatoms. The smallest absolute Gasteiger partial charge is 0.255 e. The highest BCUT2D eigenvalue weighted by atomic mass is 79.9. The maximum atomic E-state index is 12.7. The van der Waals surface area contributed by atoms with Crippen LogP contribution in [0.5, 0.6) is 0 Å². The Balaban J connectivity index is 2.16. The highest BCUT2D eigenvalue weighted by molar-refractivity contribution is 9.10. The van der Waals surface area contributed by atoms with Crippen LogP contribution in [0, 0.1) is 0 Å². The normalized spacial score (nSPS) is 14.8. The van der Waals surface area contributed by atoms with E-state index in [-0.39, 0.29) is 19.7 Å². The van der Waals surface area contributed by atoms with Gasteiger partial charge in [-0.2, -0.15) is 0 Å². The van der Waals surface area contributed by atoms with E-state index in [0.717, 1.165) is 15.7 Å². The van der Waals surface area contributed by atoms with Gasteiger partial charge in [0.1, 0.15) is 0 Å². The van der Waals surface area contributed by atoms with Crippen molar-refractivity contribution in [2.75, 3.05) is 24.6 Å². The van der Waals surface area contributed by atoms with Gasteiger partial charge in [-0.15, -0.1) is 0 Å². The molecule has 0 aliphatic heterocycles.